The topological polar surface area (TPSA) is 75.7 Å². The van der Waals surface area contributed by atoms with Crippen LogP contribution in [-0.2, 0) is 9.84 Å². The summed E-state index contributed by atoms with van der Waals surface area (Å²) in [6.07, 6.45) is 1.39. The molecule has 0 saturated carbocycles. The SMILES string of the molecule is Cc1cccc(S(=O)(=O)c2ccn[nH]2)n1. The lowest BCUT2D eigenvalue weighted by Gasteiger charge is -2.00. The Hall–Kier alpha value is -1.69. The summed E-state index contributed by atoms with van der Waals surface area (Å²) < 4.78 is 23.8. The van der Waals surface area contributed by atoms with Crippen molar-refractivity contribution in [1.82, 2.24) is 15.2 Å². The summed E-state index contributed by atoms with van der Waals surface area (Å²) in [5, 5.41) is 6.11. The predicted octanol–water partition coefficient (Wildman–Crippen LogP) is 0.946. The van der Waals surface area contributed by atoms with Gasteiger partial charge in [-0.05, 0) is 25.1 Å². The van der Waals surface area contributed by atoms with Crippen molar-refractivity contribution in [2.24, 2.45) is 0 Å². The van der Waals surface area contributed by atoms with Crippen LogP contribution >= 0.6 is 0 Å². The van der Waals surface area contributed by atoms with Gasteiger partial charge in [0.1, 0.15) is 0 Å². The summed E-state index contributed by atoms with van der Waals surface area (Å²) in [6, 6.07) is 6.26. The van der Waals surface area contributed by atoms with Gasteiger partial charge in [-0.15, -0.1) is 0 Å². The normalized spacial score (nSPS) is 11.5. The van der Waals surface area contributed by atoms with Crippen molar-refractivity contribution < 1.29 is 8.42 Å². The van der Waals surface area contributed by atoms with E-state index in [1.54, 1.807) is 19.1 Å². The Morgan fingerprint density at radius 3 is 2.67 bits per heavy atom. The number of nitrogens with one attached hydrogen (secondary N) is 1. The van der Waals surface area contributed by atoms with E-state index in [2.05, 4.69) is 15.2 Å². The standard InChI is InChI=1S/C9H9N3O2S/c1-7-3-2-4-8(11-7)15(13,14)9-5-6-10-12-9/h2-6H,1H3,(H,10,12). The molecule has 0 aliphatic rings. The van der Waals surface area contributed by atoms with Gasteiger partial charge in [-0.1, -0.05) is 6.07 Å². The van der Waals surface area contributed by atoms with Crippen LogP contribution in [0.1, 0.15) is 5.69 Å². The smallest absolute Gasteiger partial charge is 0.240 e. The highest BCUT2D eigenvalue weighted by Crippen LogP contribution is 2.15. The maximum atomic E-state index is 11.9. The molecule has 0 atom stereocenters. The van der Waals surface area contributed by atoms with Crippen LogP contribution in [0.15, 0.2) is 40.5 Å². The second kappa shape index (κ2) is 3.47. The van der Waals surface area contributed by atoms with Gasteiger partial charge in [-0.3, -0.25) is 5.10 Å². The van der Waals surface area contributed by atoms with Crippen molar-refractivity contribution >= 4 is 9.84 Å². The second-order valence-corrected chi connectivity index (χ2v) is 4.91. The van der Waals surface area contributed by atoms with E-state index in [0.717, 1.165) is 0 Å². The minimum absolute atomic E-state index is 0.0340. The monoisotopic (exact) mass is 223 g/mol. The van der Waals surface area contributed by atoms with Gasteiger partial charge in [-0.2, -0.15) is 5.10 Å². The molecule has 0 bridgehead atoms. The highest BCUT2D eigenvalue weighted by atomic mass is 32.2. The third kappa shape index (κ3) is 1.75. The van der Waals surface area contributed by atoms with Gasteiger partial charge in [0.15, 0.2) is 10.1 Å². The zero-order valence-corrected chi connectivity index (χ0v) is 8.82. The number of rotatable bonds is 2. The average molecular weight is 223 g/mol. The van der Waals surface area contributed by atoms with Crippen LogP contribution < -0.4 is 0 Å². The summed E-state index contributed by atoms with van der Waals surface area (Å²) in [6.45, 7) is 1.74. The zero-order valence-electron chi connectivity index (χ0n) is 8.01. The van der Waals surface area contributed by atoms with E-state index in [1.165, 1.54) is 18.3 Å². The number of aryl methyl sites for hydroxylation is 1. The van der Waals surface area contributed by atoms with Crippen molar-refractivity contribution in [2.45, 2.75) is 17.0 Å². The molecule has 0 spiro atoms. The first-order valence-electron chi connectivity index (χ1n) is 4.29. The van der Waals surface area contributed by atoms with Crippen molar-refractivity contribution in [1.29, 1.82) is 0 Å². The molecular weight excluding hydrogens is 214 g/mol. The number of sulfone groups is 1. The molecule has 0 aromatic carbocycles. The Bertz CT molecular complexity index is 561. The molecular formula is C9H9N3O2S. The molecule has 0 aliphatic heterocycles. The molecule has 0 aliphatic carbocycles. The molecule has 2 heterocycles. The van der Waals surface area contributed by atoms with Crippen LogP contribution in [0.25, 0.3) is 0 Å². The van der Waals surface area contributed by atoms with E-state index < -0.39 is 9.84 Å². The first kappa shape index (κ1) is 9.85. The number of hydrogen-bond acceptors (Lipinski definition) is 4. The van der Waals surface area contributed by atoms with E-state index in [0.29, 0.717) is 5.69 Å². The Kier molecular flexibility index (Phi) is 2.28. The zero-order chi connectivity index (χ0) is 10.9. The molecule has 0 saturated heterocycles. The lowest BCUT2D eigenvalue weighted by Crippen LogP contribution is -2.05. The Morgan fingerprint density at radius 1 is 1.27 bits per heavy atom. The lowest BCUT2D eigenvalue weighted by atomic mass is 10.4. The van der Waals surface area contributed by atoms with E-state index in [4.69, 9.17) is 0 Å². The summed E-state index contributed by atoms with van der Waals surface area (Å²) in [7, 11) is -3.55. The van der Waals surface area contributed by atoms with Crippen LogP contribution in [0, 0.1) is 6.92 Å². The molecule has 2 rings (SSSR count). The van der Waals surface area contributed by atoms with E-state index in [1.807, 2.05) is 0 Å². The highest BCUT2D eigenvalue weighted by Gasteiger charge is 2.20. The molecule has 0 amide bonds. The molecule has 15 heavy (non-hydrogen) atoms. The number of nitrogens with zero attached hydrogens (tertiary/aromatic N) is 2. The van der Waals surface area contributed by atoms with Crippen LogP contribution in [0.4, 0.5) is 0 Å². The number of H-pyrrole nitrogens is 1. The van der Waals surface area contributed by atoms with Gasteiger partial charge < -0.3 is 0 Å². The van der Waals surface area contributed by atoms with Crippen molar-refractivity contribution in [2.75, 3.05) is 0 Å². The Morgan fingerprint density at radius 2 is 2.07 bits per heavy atom. The van der Waals surface area contributed by atoms with Gasteiger partial charge >= 0.3 is 0 Å². The van der Waals surface area contributed by atoms with Gasteiger partial charge in [0.2, 0.25) is 9.84 Å². The Balaban J connectivity index is 2.57. The highest BCUT2D eigenvalue weighted by molar-refractivity contribution is 7.91. The molecule has 2 aromatic rings. The van der Waals surface area contributed by atoms with Crippen LogP contribution in [0.3, 0.4) is 0 Å². The summed E-state index contributed by atoms with van der Waals surface area (Å²) in [4.78, 5) is 3.97. The van der Waals surface area contributed by atoms with Crippen molar-refractivity contribution in [3.05, 3.63) is 36.2 Å². The van der Waals surface area contributed by atoms with Crippen LogP contribution in [0.5, 0.6) is 0 Å². The largest absolute Gasteiger partial charge is 0.267 e. The predicted molar refractivity (Wildman–Crippen MR) is 53.0 cm³/mol. The maximum absolute atomic E-state index is 11.9. The van der Waals surface area contributed by atoms with Crippen LogP contribution in [-0.4, -0.2) is 23.6 Å². The van der Waals surface area contributed by atoms with Crippen molar-refractivity contribution in [3.63, 3.8) is 0 Å². The number of aromatic amines is 1. The summed E-state index contributed by atoms with van der Waals surface area (Å²) in [5.74, 6) is 0. The average Bonchev–Trinajstić information content (AvgIpc) is 2.71. The summed E-state index contributed by atoms with van der Waals surface area (Å²) in [5.41, 5.74) is 0.663. The molecule has 78 valence electrons. The van der Waals surface area contributed by atoms with Crippen LogP contribution in [0.2, 0.25) is 0 Å². The van der Waals surface area contributed by atoms with Crippen molar-refractivity contribution in [3.8, 4) is 0 Å². The fourth-order valence-electron chi connectivity index (χ4n) is 1.17. The summed E-state index contributed by atoms with van der Waals surface area (Å²) >= 11 is 0. The first-order chi connectivity index (χ1) is 7.10. The minimum Gasteiger partial charge on any atom is -0.267 e. The number of hydrogen-bond donors (Lipinski definition) is 1. The molecule has 0 fully saturated rings. The lowest BCUT2D eigenvalue weighted by molar-refractivity contribution is 0.587. The fraction of sp³-hybridized carbons (Fsp3) is 0.111. The van der Waals surface area contributed by atoms with E-state index >= 15 is 0 Å². The van der Waals surface area contributed by atoms with Gasteiger partial charge in [-0.25, -0.2) is 13.4 Å². The molecule has 2 aromatic heterocycles. The molecule has 6 heteroatoms. The minimum atomic E-state index is -3.55. The van der Waals surface area contributed by atoms with E-state index in [9.17, 15) is 8.42 Å². The third-order valence-corrected chi connectivity index (χ3v) is 3.49. The number of aromatic nitrogens is 3. The Labute approximate surface area is 87.1 Å². The van der Waals surface area contributed by atoms with Gasteiger partial charge in [0, 0.05) is 5.69 Å². The molecule has 5 nitrogen and oxygen atoms in total. The molecule has 1 N–H and O–H groups in total. The third-order valence-electron chi connectivity index (χ3n) is 1.90. The fourth-order valence-corrected chi connectivity index (χ4v) is 2.33. The first-order valence-corrected chi connectivity index (χ1v) is 5.77. The molecule has 0 unspecified atom stereocenters. The van der Waals surface area contributed by atoms with Gasteiger partial charge in [0.25, 0.3) is 0 Å². The quantitative estimate of drug-likeness (QED) is 0.822. The second-order valence-electron chi connectivity index (χ2n) is 3.04. The molecule has 0 radical (unpaired) electrons. The van der Waals surface area contributed by atoms with Gasteiger partial charge in [0.05, 0.1) is 6.20 Å². The van der Waals surface area contributed by atoms with E-state index in [-0.39, 0.29) is 10.1 Å². The number of pyridine rings is 1. The maximum Gasteiger partial charge on any atom is 0.240 e.